The van der Waals surface area contributed by atoms with Crippen LogP contribution in [0.15, 0.2) is 10.9 Å². The van der Waals surface area contributed by atoms with E-state index in [0.717, 1.165) is 18.6 Å². The molecular formula is C19H41NSSi3. The van der Waals surface area contributed by atoms with E-state index >= 15 is 0 Å². The average molecular weight is 400 g/mol. The van der Waals surface area contributed by atoms with Gasteiger partial charge in [0, 0.05) is 36.3 Å². The van der Waals surface area contributed by atoms with Gasteiger partial charge in [0.05, 0.1) is 15.7 Å². The molecule has 1 nitrogen and oxygen atoms in total. The van der Waals surface area contributed by atoms with Gasteiger partial charge >= 0.3 is 0 Å². The number of hydrogen-bond acceptors (Lipinski definition) is 2. The van der Waals surface area contributed by atoms with Gasteiger partial charge in [-0.3, -0.25) is 0 Å². The molecule has 0 radical (unpaired) electrons. The van der Waals surface area contributed by atoms with Crippen LogP contribution < -0.4 is 0 Å². The summed E-state index contributed by atoms with van der Waals surface area (Å²) in [7, 11) is -4.31. The van der Waals surface area contributed by atoms with Gasteiger partial charge in [-0.05, 0) is 19.0 Å². The normalized spacial score (nSPS) is 23.0. The summed E-state index contributed by atoms with van der Waals surface area (Å²) in [4.78, 5) is 3.99. The van der Waals surface area contributed by atoms with Crippen LogP contribution in [0, 0.1) is 0 Å². The summed E-state index contributed by atoms with van der Waals surface area (Å²) in [5.41, 5.74) is 2.47. The van der Waals surface area contributed by atoms with E-state index < -0.39 is 23.3 Å². The minimum atomic E-state index is -1.54. The second kappa shape index (κ2) is 6.78. The Labute approximate surface area is 160 Å². The molecule has 0 aromatic rings. The summed E-state index contributed by atoms with van der Waals surface area (Å²) in [5, 5.41) is 1.85. The van der Waals surface area contributed by atoms with Crippen molar-refractivity contribution in [3.63, 3.8) is 0 Å². The Morgan fingerprint density at radius 1 is 0.958 bits per heavy atom. The predicted octanol–water partition coefficient (Wildman–Crippen LogP) is 6.51. The first kappa shape index (κ1) is 22.3. The van der Waals surface area contributed by atoms with Crippen molar-refractivity contribution < 1.29 is 0 Å². The van der Waals surface area contributed by atoms with Crippen molar-refractivity contribution in [2.45, 2.75) is 91.0 Å². The van der Waals surface area contributed by atoms with Crippen molar-refractivity contribution in [3.8, 4) is 0 Å². The van der Waals surface area contributed by atoms with Crippen molar-refractivity contribution in [2.75, 3.05) is 13.1 Å². The van der Waals surface area contributed by atoms with Crippen LogP contribution in [0.2, 0.25) is 56.4 Å². The second-order valence-electron chi connectivity index (χ2n) is 10.1. The molecule has 1 aliphatic rings. The minimum absolute atomic E-state index is 0.176. The van der Waals surface area contributed by atoms with E-state index in [9.17, 15) is 0 Å². The lowest BCUT2D eigenvalue weighted by Crippen LogP contribution is -2.67. The van der Waals surface area contributed by atoms with Gasteiger partial charge in [0.25, 0.3) is 0 Å². The standard InChI is InChI=1S/C19H41NSSi3/c1-13-20(14-2)17-16(18(21)19(17,5)22(6,7)8)24(11,12)23(9,10)15(3)4/h15H,13-14H2,1-12H3. The van der Waals surface area contributed by atoms with Gasteiger partial charge in [-0.2, -0.15) is 0 Å². The summed E-state index contributed by atoms with van der Waals surface area (Å²) in [6, 6.07) is 0. The molecule has 140 valence electrons. The Kier molecular flexibility index (Phi) is 6.31. The van der Waals surface area contributed by atoms with Gasteiger partial charge < -0.3 is 4.90 Å². The highest BCUT2D eigenvalue weighted by atomic mass is 32.1. The molecule has 1 atom stereocenters. The summed E-state index contributed by atoms with van der Waals surface area (Å²) in [6.07, 6.45) is 0. The molecule has 0 fully saturated rings. The number of rotatable bonds is 7. The van der Waals surface area contributed by atoms with Crippen LogP contribution in [0.4, 0.5) is 0 Å². The van der Waals surface area contributed by atoms with E-state index in [4.69, 9.17) is 12.2 Å². The zero-order valence-electron chi connectivity index (χ0n) is 18.3. The third kappa shape index (κ3) is 2.97. The molecule has 0 aromatic heterocycles. The van der Waals surface area contributed by atoms with Gasteiger partial charge in [-0.25, -0.2) is 0 Å². The molecule has 1 rings (SSSR count). The van der Waals surface area contributed by atoms with Crippen molar-refractivity contribution in [2.24, 2.45) is 0 Å². The molecule has 0 spiro atoms. The molecule has 1 aliphatic carbocycles. The Morgan fingerprint density at radius 3 is 1.67 bits per heavy atom. The zero-order chi connectivity index (χ0) is 19.3. The van der Waals surface area contributed by atoms with Gasteiger partial charge in [0.1, 0.15) is 0 Å². The van der Waals surface area contributed by atoms with Crippen molar-refractivity contribution >= 4 is 40.3 Å². The first-order valence-electron chi connectivity index (χ1n) is 9.67. The highest BCUT2D eigenvalue weighted by Crippen LogP contribution is 2.61. The maximum atomic E-state index is 6.19. The van der Waals surface area contributed by atoms with Crippen LogP contribution in [-0.4, -0.2) is 46.1 Å². The third-order valence-electron chi connectivity index (χ3n) is 7.65. The van der Waals surface area contributed by atoms with Gasteiger partial charge in [-0.15, -0.1) is 0 Å². The molecule has 24 heavy (non-hydrogen) atoms. The lowest BCUT2D eigenvalue weighted by Gasteiger charge is -2.60. The number of allylic oxidation sites excluding steroid dienone is 2. The molecule has 0 amide bonds. The lowest BCUT2D eigenvalue weighted by atomic mass is 9.88. The van der Waals surface area contributed by atoms with Crippen molar-refractivity contribution in [3.05, 3.63) is 10.9 Å². The van der Waals surface area contributed by atoms with E-state index in [1.807, 2.05) is 0 Å². The van der Waals surface area contributed by atoms with Crippen LogP contribution >= 0.6 is 12.2 Å². The minimum Gasteiger partial charge on any atom is -0.375 e. The van der Waals surface area contributed by atoms with Crippen LogP contribution in [0.1, 0.15) is 34.6 Å². The van der Waals surface area contributed by atoms with E-state index in [1.54, 1.807) is 10.9 Å². The zero-order valence-corrected chi connectivity index (χ0v) is 22.2. The lowest BCUT2D eigenvalue weighted by molar-refractivity contribution is 0.351. The van der Waals surface area contributed by atoms with Crippen LogP contribution in [-0.2, 0) is 0 Å². The van der Waals surface area contributed by atoms with E-state index in [1.165, 1.54) is 4.86 Å². The SMILES string of the molecule is CCN(CC)C1=C([Si](C)(C)[Si](C)(C)C(C)C)C(=S)C1(C)[Si](C)(C)C. The summed E-state index contributed by atoms with van der Waals surface area (Å²) in [6.45, 7) is 32.1. The monoisotopic (exact) mass is 399 g/mol. The molecule has 0 saturated heterocycles. The first-order chi connectivity index (χ1) is 10.6. The summed E-state index contributed by atoms with van der Waals surface area (Å²) < 4.78 is 0. The quantitative estimate of drug-likeness (QED) is 0.354. The highest BCUT2D eigenvalue weighted by molar-refractivity contribution is 7.82. The van der Waals surface area contributed by atoms with Gasteiger partial charge in [-0.1, -0.05) is 84.4 Å². The molecule has 0 aliphatic heterocycles. The molecule has 0 N–H and O–H groups in total. The number of nitrogens with zero attached hydrogens (tertiary/aromatic N) is 1. The van der Waals surface area contributed by atoms with Gasteiger partial charge in [0.2, 0.25) is 0 Å². The Hall–Kier alpha value is 0.281. The van der Waals surface area contributed by atoms with Crippen molar-refractivity contribution in [1.29, 1.82) is 0 Å². The Bertz CT molecular complexity index is 539. The van der Waals surface area contributed by atoms with Crippen molar-refractivity contribution in [1.82, 2.24) is 4.90 Å². The molecule has 0 bridgehead atoms. The molecule has 0 saturated carbocycles. The smallest absolute Gasteiger partial charge is 0.0779 e. The average Bonchev–Trinajstić information content (AvgIpc) is 2.44. The first-order valence-corrected chi connectivity index (χ1v) is 20.7. The molecule has 0 heterocycles. The second-order valence-corrected chi connectivity index (χ2v) is 32.0. The molecule has 5 heteroatoms. The Balaban J connectivity index is 3.71. The topological polar surface area (TPSA) is 3.24 Å². The Morgan fingerprint density at radius 2 is 1.38 bits per heavy atom. The molecule has 1 unspecified atom stereocenters. The van der Waals surface area contributed by atoms with Gasteiger partial charge in [0.15, 0.2) is 0 Å². The maximum Gasteiger partial charge on any atom is 0.0779 e. The predicted molar refractivity (Wildman–Crippen MR) is 124 cm³/mol. The van der Waals surface area contributed by atoms with E-state index in [0.29, 0.717) is 0 Å². The van der Waals surface area contributed by atoms with E-state index in [-0.39, 0.29) is 5.04 Å². The highest BCUT2D eigenvalue weighted by Gasteiger charge is 2.61. The fraction of sp³-hybridized carbons (Fsp3) is 0.842. The third-order valence-corrected chi connectivity index (χ3v) is 32.1. The largest absolute Gasteiger partial charge is 0.375 e. The maximum absolute atomic E-state index is 6.19. The van der Waals surface area contributed by atoms with Crippen LogP contribution in [0.5, 0.6) is 0 Å². The van der Waals surface area contributed by atoms with Crippen LogP contribution in [0.25, 0.3) is 0 Å². The fourth-order valence-electron chi connectivity index (χ4n) is 3.99. The molecule has 0 aromatic carbocycles. The molecular weight excluding hydrogens is 359 g/mol. The van der Waals surface area contributed by atoms with Crippen LogP contribution in [0.3, 0.4) is 0 Å². The summed E-state index contributed by atoms with van der Waals surface area (Å²) >= 11 is 6.19. The number of hydrogen-bond donors (Lipinski definition) is 0. The summed E-state index contributed by atoms with van der Waals surface area (Å²) in [5.74, 6) is 0. The fourth-order valence-corrected chi connectivity index (χ4v) is 19.1. The number of thiocarbonyl (C=S) groups is 1. The van der Waals surface area contributed by atoms with E-state index in [2.05, 4.69) is 85.3 Å².